The summed E-state index contributed by atoms with van der Waals surface area (Å²) in [5.74, 6) is -0.849. The number of nitrogens with zero attached hydrogens (tertiary/aromatic N) is 2. The van der Waals surface area contributed by atoms with E-state index in [1.54, 1.807) is 0 Å². The van der Waals surface area contributed by atoms with Crippen LogP contribution in [0.15, 0.2) is 5.10 Å². The fourth-order valence-corrected chi connectivity index (χ4v) is 1.14. The molecular formula is C8H11F2N3O2. The molecule has 1 aliphatic heterocycles. The summed E-state index contributed by atoms with van der Waals surface area (Å²) in [7, 11) is 1.27. The van der Waals surface area contributed by atoms with E-state index in [0.717, 1.165) is 4.90 Å². The van der Waals surface area contributed by atoms with E-state index in [4.69, 9.17) is 0 Å². The summed E-state index contributed by atoms with van der Waals surface area (Å²) in [4.78, 5) is 23.1. The van der Waals surface area contributed by atoms with E-state index in [-0.39, 0.29) is 24.5 Å². The van der Waals surface area contributed by atoms with Gasteiger partial charge in [-0.1, -0.05) is 0 Å². The lowest BCUT2D eigenvalue weighted by Gasteiger charge is -2.19. The number of rotatable bonds is 3. The smallest absolute Gasteiger partial charge is 0.269 e. The lowest BCUT2D eigenvalue weighted by Crippen LogP contribution is -2.40. The lowest BCUT2D eigenvalue weighted by molar-refractivity contribution is -0.125. The van der Waals surface area contributed by atoms with Gasteiger partial charge >= 0.3 is 0 Å². The van der Waals surface area contributed by atoms with Crippen LogP contribution in [0.4, 0.5) is 8.78 Å². The van der Waals surface area contributed by atoms with Crippen molar-refractivity contribution < 1.29 is 18.4 Å². The maximum absolute atomic E-state index is 12.0. The van der Waals surface area contributed by atoms with Crippen molar-refractivity contribution >= 4 is 17.5 Å². The van der Waals surface area contributed by atoms with Gasteiger partial charge in [0.05, 0.1) is 6.54 Å². The molecule has 1 rings (SSSR count). The SMILES string of the molecule is CN(CC(F)F)C(=O)C1=NNC(=O)CC1. The Hall–Kier alpha value is -1.53. The van der Waals surface area contributed by atoms with Crippen molar-refractivity contribution in [2.45, 2.75) is 19.3 Å². The summed E-state index contributed by atoms with van der Waals surface area (Å²) in [5.41, 5.74) is 2.24. The van der Waals surface area contributed by atoms with Gasteiger partial charge in [-0.25, -0.2) is 14.2 Å². The minimum atomic E-state index is -2.57. The first-order valence-corrected chi connectivity index (χ1v) is 4.39. The third-order valence-corrected chi connectivity index (χ3v) is 1.91. The molecule has 5 nitrogen and oxygen atoms in total. The van der Waals surface area contributed by atoms with Crippen LogP contribution in [-0.4, -0.2) is 42.4 Å². The normalized spacial score (nSPS) is 16.0. The highest BCUT2D eigenvalue weighted by Gasteiger charge is 2.22. The van der Waals surface area contributed by atoms with E-state index < -0.39 is 18.9 Å². The Kier molecular flexibility index (Phi) is 3.70. The Balaban J connectivity index is 2.56. The summed E-state index contributed by atoms with van der Waals surface area (Å²) in [6.45, 7) is -0.633. The van der Waals surface area contributed by atoms with Gasteiger partial charge in [0.2, 0.25) is 5.91 Å². The number of hydrazone groups is 1. The van der Waals surface area contributed by atoms with E-state index in [1.807, 2.05) is 0 Å². The molecule has 2 amide bonds. The summed E-state index contributed by atoms with van der Waals surface area (Å²) >= 11 is 0. The molecule has 0 aromatic carbocycles. The van der Waals surface area contributed by atoms with Crippen LogP contribution in [0.25, 0.3) is 0 Å². The van der Waals surface area contributed by atoms with Gasteiger partial charge in [0.25, 0.3) is 12.3 Å². The van der Waals surface area contributed by atoms with E-state index in [1.165, 1.54) is 7.05 Å². The van der Waals surface area contributed by atoms with E-state index in [9.17, 15) is 18.4 Å². The molecule has 0 aliphatic carbocycles. The van der Waals surface area contributed by atoms with Crippen molar-refractivity contribution in [3.05, 3.63) is 0 Å². The van der Waals surface area contributed by atoms with Crippen LogP contribution in [0.3, 0.4) is 0 Å². The van der Waals surface area contributed by atoms with E-state index in [0.29, 0.717) is 0 Å². The number of halogens is 2. The van der Waals surface area contributed by atoms with Crippen molar-refractivity contribution in [3.8, 4) is 0 Å². The van der Waals surface area contributed by atoms with Crippen LogP contribution in [-0.2, 0) is 9.59 Å². The molecule has 1 N–H and O–H groups in total. The molecule has 0 aromatic rings. The predicted molar refractivity (Wildman–Crippen MR) is 48.5 cm³/mol. The number of hydrogen-bond donors (Lipinski definition) is 1. The fraction of sp³-hybridized carbons (Fsp3) is 0.625. The lowest BCUT2D eigenvalue weighted by atomic mass is 10.1. The van der Waals surface area contributed by atoms with E-state index >= 15 is 0 Å². The number of carbonyl (C=O) groups excluding carboxylic acids is 2. The van der Waals surface area contributed by atoms with E-state index in [2.05, 4.69) is 10.5 Å². The quantitative estimate of drug-likeness (QED) is 0.724. The molecule has 1 aliphatic rings. The molecule has 0 bridgehead atoms. The summed E-state index contributed by atoms with van der Waals surface area (Å²) in [5, 5.41) is 3.52. The zero-order valence-corrected chi connectivity index (χ0v) is 8.17. The Labute approximate surface area is 85.1 Å². The maximum Gasteiger partial charge on any atom is 0.269 e. The average molecular weight is 219 g/mol. The van der Waals surface area contributed by atoms with Crippen molar-refractivity contribution in [2.24, 2.45) is 5.10 Å². The first-order valence-electron chi connectivity index (χ1n) is 4.39. The van der Waals surface area contributed by atoms with Crippen LogP contribution in [0.2, 0.25) is 0 Å². The molecule has 0 unspecified atom stereocenters. The second-order valence-electron chi connectivity index (χ2n) is 3.17. The topological polar surface area (TPSA) is 61.8 Å². The molecule has 0 saturated carbocycles. The Morgan fingerprint density at radius 1 is 1.60 bits per heavy atom. The first kappa shape index (κ1) is 11.5. The third-order valence-electron chi connectivity index (χ3n) is 1.91. The van der Waals surface area contributed by atoms with Crippen molar-refractivity contribution in [2.75, 3.05) is 13.6 Å². The molecule has 0 spiro atoms. The van der Waals surface area contributed by atoms with Gasteiger partial charge in [-0.15, -0.1) is 0 Å². The van der Waals surface area contributed by atoms with Gasteiger partial charge in [0, 0.05) is 19.9 Å². The zero-order chi connectivity index (χ0) is 11.4. The molecule has 0 saturated heterocycles. The zero-order valence-electron chi connectivity index (χ0n) is 8.17. The minimum Gasteiger partial charge on any atom is -0.335 e. The van der Waals surface area contributed by atoms with Crippen molar-refractivity contribution in [3.63, 3.8) is 0 Å². The largest absolute Gasteiger partial charge is 0.335 e. The highest BCUT2D eigenvalue weighted by Crippen LogP contribution is 2.04. The molecule has 0 radical (unpaired) electrons. The second kappa shape index (κ2) is 4.81. The van der Waals surface area contributed by atoms with Crippen LogP contribution in [0.1, 0.15) is 12.8 Å². The molecular weight excluding hydrogens is 208 g/mol. The maximum atomic E-state index is 12.0. The van der Waals surface area contributed by atoms with Crippen molar-refractivity contribution in [1.82, 2.24) is 10.3 Å². The predicted octanol–water partition coefficient (Wildman–Crippen LogP) is -0.0241. The Bertz CT molecular complexity index is 304. The Morgan fingerprint density at radius 2 is 2.27 bits per heavy atom. The van der Waals surface area contributed by atoms with Gasteiger partial charge in [-0.2, -0.15) is 5.10 Å². The third kappa shape index (κ3) is 3.26. The van der Waals surface area contributed by atoms with Crippen LogP contribution in [0, 0.1) is 0 Å². The molecule has 0 aromatic heterocycles. The van der Waals surface area contributed by atoms with Gasteiger partial charge in [-0.05, 0) is 0 Å². The van der Waals surface area contributed by atoms with Crippen molar-refractivity contribution in [1.29, 1.82) is 0 Å². The first-order chi connectivity index (χ1) is 7.00. The van der Waals surface area contributed by atoms with Crippen LogP contribution < -0.4 is 5.43 Å². The van der Waals surface area contributed by atoms with Crippen LogP contribution >= 0.6 is 0 Å². The molecule has 1 heterocycles. The van der Waals surface area contributed by atoms with Gasteiger partial charge in [0.15, 0.2) is 0 Å². The molecule has 15 heavy (non-hydrogen) atoms. The monoisotopic (exact) mass is 219 g/mol. The van der Waals surface area contributed by atoms with Gasteiger partial charge in [-0.3, -0.25) is 9.59 Å². The second-order valence-corrected chi connectivity index (χ2v) is 3.17. The highest BCUT2D eigenvalue weighted by atomic mass is 19.3. The number of hydrogen-bond acceptors (Lipinski definition) is 3. The number of amides is 2. The molecule has 0 fully saturated rings. The molecule has 7 heteroatoms. The minimum absolute atomic E-state index is 0.109. The number of nitrogens with one attached hydrogen (secondary N) is 1. The summed E-state index contributed by atoms with van der Waals surface area (Å²) < 4.78 is 23.9. The summed E-state index contributed by atoms with van der Waals surface area (Å²) in [6, 6.07) is 0. The standard InChI is InChI=1S/C8H11F2N3O2/c1-13(4-6(9)10)8(15)5-2-3-7(14)12-11-5/h6H,2-4H2,1H3,(H,12,14). The highest BCUT2D eigenvalue weighted by molar-refractivity contribution is 6.39. The van der Waals surface area contributed by atoms with Gasteiger partial charge < -0.3 is 4.90 Å². The average Bonchev–Trinajstić information content (AvgIpc) is 2.17. The molecule has 84 valence electrons. The fourth-order valence-electron chi connectivity index (χ4n) is 1.14. The number of carbonyl (C=O) groups is 2. The molecule has 0 atom stereocenters. The number of alkyl halides is 2. The van der Waals surface area contributed by atoms with Gasteiger partial charge in [0.1, 0.15) is 5.71 Å². The summed E-state index contributed by atoms with van der Waals surface area (Å²) in [6.07, 6.45) is -2.22. The Morgan fingerprint density at radius 3 is 2.73 bits per heavy atom. The van der Waals surface area contributed by atoms with Crippen LogP contribution in [0.5, 0.6) is 0 Å².